The van der Waals surface area contributed by atoms with Crippen molar-refractivity contribution < 1.29 is 22.4 Å². The van der Waals surface area contributed by atoms with E-state index in [1.807, 2.05) is 0 Å². The van der Waals surface area contributed by atoms with Gasteiger partial charge in [-0.05, 0) is 23.3 Å². The van der Waals surface area contributed by atoms with Gasteiger partial charge in [-0.25, -0.2) is 0 Å². The van der Waals surface area contributed by atoms with Gasteiger partial charge in [0.25, 0.3) is 5.56 Å². The Hall–Kier alpha value is -2.54. The van der Waals surface area contributed by atoms with Crippen LogP contribution in [0.1, 0.15) is 5.56 Å². The molecule has 0 spiro atoms. The summed E-state index contributed by atoms with van der Waals surface area (Å²) in [7, 11) is 0. The molecule has 2 aromatic rings. The van der Waals surface area contributed by atoms with Crippen molar-refractivity contribution in [3.63, 3.8) is 0 Å². The molecule has 0 fully saturated rings. The molecule has 0 atom stereocenters. The van der Waals surface area contributed by atoms with Gasteiger partial charge in [-0.15, -0.1) is 13.2 Å². The molecule has 0 aliphatic heterocycles. The zero-order valence-electron chi connectivity index (χ0n) is 11.3. The van der Waals surface area contributed by atoms with Gasteiger partial charge in [-0.3, -0.25) is 9.53 Å². The summed E-state index contributed by atoms with van der Waals surface area (Å²) in [5.41, 5.74) is 1.25. The number of allylic oxidation sites excluding steroid dienone is 4. The summed E-state index contributed by atoms with van der Waals surface area (Å²) in [6, 6.07) is 4.87. The van der Waals surface area contributed by atoms with Gasteiger partial charge in [0.2, 0.25) is 0 Å². The standard InChI is InChI=1S/C15H12F3NO3/c1-2-4-10(5-3-8-21-15(16,17)18)11-6-7-13-12(9-11)14(20)19-22-13/h2-7,9H,1,8H2,(H,19,20)/b5-3-,10-4+. The highest BCUT2D eigenvalue weighted by Crippen LogP contribution is 2.21. The largest absolute Gasteiger partial charge is 0.522 e. The topological polar surface area (TPSA) is 55.2 Å². The second kappa shape index (κ2) is 6.48. The molecular formula is C15H12F3NO3. The maximum Gasteiger partial charge on any atom is 0.522 e. The summed E-state index contributed by atoms with van der Waals surface area (Å²) in [5, 5.41) is 2.56. The number of H-pyrrole nitrogens is 1. The van der Waals surface area contributed by atoms with Crippen LogP contribution in [0.2, 0.25) is 0 Å². The molecule has 0 amide bonds. The Morgan fingerprint density at radius 3 is 2.86 bits per heavy atom. The Morgan fingerprint density at radius 2 is 2.18 bits per heavy atom. The van der Waals surface area contributed by atoms with Crippen molar-refractivity contribution in [1.29, 1.82) is 0 Å². The fraction of sp³-hybridized carbons (Fsp3) is 0.133. The van der Waals surface area contributed by atoms with Crippen LogP contribution in [0, 0.1) is 0 Å². The summed E-state index contributed by atoms with van der Waals surface area (Å²) in [6.45, 7) is 2.95. The number of ether oxygens (including phenoxy) is 1. The lowest BCUT2D eigenvalue weighted by Crippen LogP contribution is -2.12. The highest BCUT2D eigenvalue weighted by atomic mass is 19.4. The van der Waals surface area contributed by atoms with E-state index in [9.17, 15) is 18.0 Å². The van der Waals surface area contributed by atoms with Crippen molar-refractivity contribution in [2.45, 2.75) is 6.36 Å². The van der Waals surface area contributed by atoms with Gasteiger partial charge in [-0.1, -0.05) is 36.9 Å². The number of benzene rings is 1. The Kier molecular flexibility index (Phi) is 4.67. The maximum atomic E-state index is 11.9. The van der Waals surface area contributed by atoms with Gasteiger partial charge >= 0.3 is 6.36 Å². The average Bonchev–Trinajstić information content (AvgIpc) is 2.82. The van der Waals surface area contributed by atoms with Crippen molar-refractivity contribution in [1.82, 2.24) is 5.16 Å². The third kappa shape index (κ3) is 3.98. The molecule has 0 saturated carbocycles. The maximum absolute atomic E-state index is 11.9. The van der Waals surface area contributed by atoms with E-state index in [0.29, 0.717) is 22.1 Å². The minimum absolute atomic E-state index is 0.354. The highest BCUT2D eigenvalue weighted by molar-refractivity contribution is 5.84. The van der Waals surface area contributed by atoms with Crippen molar-refractivity contribution in [2.24, 2.45) is 0 Å². The first-order chi connectivity index (χ1) is 10.4. The molecule has 0 aliphatic rings. The quantitative estimate of drug-likeness (QED) is 0.855. The minimum Gasteiger partial charge on any atom is -0.378 e. The number of hydrogen-bond acceptors (Lipinski definition) is 3. The summed E-state index contributed by atoms with van der Waals surface area (Å²) < 4.78 is 44.3. The first-order valence-corrected chi connectivity index (χ1v) is 6.22. The second-order valence-corrected chi connectivity index (χ2v) is 4.26. The highest BCUT2D eigenvalue weighted by Gasteiger charge is 2.28. The monoisotopic (exact) mass is 311 g/mol. The van der Waals surface area contributed by atoms with Crippen LogP contribution in [-0.2, 0) is 4.74 Å². The normalized spacial score (nSPS) is 13.1. The smallest absolute Gasteiger partial charge is 0.378 e. The molecule has 7 heteroatoms. The van der Waals surface area contributed by atoms with E-state index in [-0.39, 0.29) is 5.56 Å². The Bertz CT molecular complexity index is 781. The predicted molar refractivity (Wildman–Crippen MR) is 76.2 cm³/mol. The number of fused-ring (bicyclic) bond motifs is 1. The SMILES string of the molecule is C=C/C=C(\C=C/COC(F)(F)F)c1ccc2o[nH]c(=O)c2c1. The van der Waals surface area contributed by atoms with E-state index in [2.05, 4.69) is 16.5 Å². The van der Waals surface area contributed by atoms with E-state index in [1.54, 1.807) is 24.3 Å². The number of alkyl halides is 3. The summed E-state index contributed by atoms with van der Waals surface area (Å²) in [6.07, 6.45) is 1.12. The van der Waals surface area contributed by atoms with Crippen molar-refractivity contribution in [3.8, 4) is 0 Å². The molecule has 0 unspecified atom stereocenters. The third-order valence-corrected chi connectivity index (χ3v) is 2.75. The summed E-state index contributed by atoms with van der Waals surface area (Å²) in [4.78, 5) is 11.5. The lowest BCUT2D eigenvalue weighted by molar-refractivity contribution is -0.319. The van der Waals surface area contributed by atoms with Crippen LogP contribution in [0.3, 0.4) is 0 Å². The van der Waals surface area contributed by atoms with Crippen LogP contribution in [-0.4, -0.2) is 18.1 Å². The van der Waals surface area contributed by atoms with Crippen molar-refractivity contribution in [3.05, 3.63) is 65.0 Å². The zero-order chi connectivity index (χ0) is 16.2. The number of rotatable bonds is 5. The van der Waals surface area contributed by atoms with Crippen LogP contribution in [0.15, 0.2) is 58.4 Å². The molecule has 1 heterocycles. The van der Waals surface area contributed by atoms with Gasteiger partial charge in [-0.2, -0.15) is 5.16 Å². The van der Waals surface area contributed by atoms with E-state index < -0.39 is 13.0 Å². The molecule has 0 aliphatic carbocycles. The van der Waals surface area contributed by atoms with Crippen molar-refractivity contribution >= 4 is 16.5 Å². The minimum atomic E-state index is -4.67. The number of aromatic amines is 1. The molecule has 2 rings (SSSR count). The van der Waals surface area contributed by atoms with Crippen LogP contribution in [0.5, 0.6) is 0 Å². The molecule has 0 saturated heterocycles. The first-order valence-electron chi connectivity index (χ1n) is 6.22. The molecule has 4 nitrogen and oxygen atoms in total. The summed E-state index contributed by atoms with van der Waals surface area (Å²) >= 11 is 0. The van der Waals surface area contributed by atoms with Gasteiger partial charge in [0.15, 0.2) is 5.58 Å². The zero-order valence-corrected chi connectivity index (χ0v) is 11.3. The van der Waals surface area contributed by atoms with Crippen LogP contribution < -0.4 is 5.56 Å². The summed E-state index contributed by atoms with van der Waals surface area (Å²) in [5.74, 6) is 0. The Balaban J connectivity index is 2.24. The van der Waals surface area contributed by atoms with Crippen LogP contribution >= 0.6 is 0 Å². The fourth-order valence-corrected chi connectivity index (χ4v) is 1.82. The number of hydrogen-bond donors (Lipinski definition) is 1. The number of halogens is 3. The lowest BCUT2D eigenvalue weighted by Gasteiger charge is -2.05. The van der Waals surface area contributed by atoms with E-state index in [0.717, 1.165) is 0 Å². The van der Waals surface area contributed by atoms with Gasteiger partial charge in [0, 0.05) is 0 Å². The molecule has 116 valence electrons. The van der Waals surface area contributed by atoms with E-state index in [1.165, 1.54) is 18.2 Å². The average molecular weight is 311 g/mol. The van der Waals surface area contributed by atoms with Gasteiger partial charge in [0.05, 0.1) is 12.0 Å². The Morgan fingerprint density at radius 1 is 1.41 bits per heavy atom. The number of aromatic nitrogens is 1. The Labute approximate surface area is 123 Å². The molecule has 22 heavy (non-hydrogen) atoms. The second-order valence-electron chi connectivity index (χ2n) is 4.26. The van der Waals surface area contributed by atoms with Gasteiger partial charge in [0.1, 0.15) is 0 Å². The van der Waals surface area contributed by atoms with Crippen molar-refractivity contribution in [2.75, 3.05) is 6.61 Å². The number of nitrogens with one attached hydrogen (secondary N) is 1. The molecule has 1 aromatic heterocycles. The molecular weight excluding hydrogens is 299 g/mol. The lowest BCUT2D eigenvalue weighted by atomic mass is 10.0. The molecule has 0 radical (unpaired) electrons. The third-order valence-electron chi connectivity index (χ3n) is 2.75. The van der Waals surface area contributed by atoms with E-state index >= 15 is 0 Å². The first kappa shape index (κ1) is 15.8. The predicted octanol–water partition coefficient (Wildman–Crippen LogP) is 3.78. The van der Waals surface area contributed by atoms with E-state index in [4.69, 9.17) is 4.52 Å². The molecule has 1 aromatic carbocycles. The molecule has 0 bridgehead atoms. The van der Waals surface area contributed by atoms with Crippen LogP contribution in [0.25, 0.3) is 16.5 Å². The fourth-order valence-electron chi connectivity index (χ4n) is 1.82. The van der Waals surface area contributed by atoms with Crippen LogP contribution in [0.4, 0.5) is 13.2 Å². The molecule has 1 N–H and O–H groups in total. The van der Waals surface area contributed by atoms with Gasteiger partial charge < -0.3 is 4.52 Å².